The van der Waals surface area contributed by atoms with Crippen molar-refractivity contribution in [2.75, 3.05) is 18.9 Å². The van der Waals surface area contributed by atoms with Gasteiger partial charge in [0, 0.05) is 27.6 Å². The zero-order chi connectivity index (χ0) is 33.0. The molecule has 0 saturated heterocycles. The first-order valence-corrected chi connectivity index (χ1v) is 15.6. The van der Waals surface area contributed by atoms with E-state index >= 15 is 0 Å². The third kappa shape index (κ3) is 6.48. The second-order valence-electron chi connectivity index (χ2n) is 9.74. The van der Waals surface area contributed by atoms with E-state index in [4.69, 9.17) is 61.6 Å². The number of pyridine rings is 2. The number of nitrogens with two attached hydrogens (primary N) is 1. The molecule has 0 aliphatic rings. The highest BCUT2D eigenvalue weighted by molar-refractivity contribution is 6.44. The summed E-state index contributed by atoms with van der Waals surface area (Å²) in [5.41, 5.74) is 10.8. The lowest BCUT2D eigenvalue weighted by atomic mass is 10.0. The first-order chi connectivity index (χ1) is 22.2. The van der Waals surface area contributed by atoms with Crippen molar-refractivity contribution in [2.45, 2.75) is 13.8 Å². The fourth-order valence-corrected chi connectivity index (χ4v) is 5.80. The molecule has 2 N–H and O–H groups in total. The quantitative estimate of drug-likeness (QED) is 0.131. The van der Waals surface area contributed by atoms with Crippen LogP contribution >= 0.6 is 46.4 Å². The van der Waals surface area contributed by atoms with Gasteiger partial charge in [0.1, 0.15) is 6.20 Å². The van der Waals surface area contributed by atoms with Crippen LogP contribution in [0.2, 0.25) is 20.1 Å². The van der Waals surface area contributed by atoms with Crippen LogP contribution in [0.4, 0.5) is 11.4 Å². The molecule has 0 bridgehead atoms. The first kappa shape index (κ1) is 33.0. The van der Waals surface area contributed by atoms with E-state index in [1.165, 1.54) is 6.20 Å². The number of hydrogen-bond acceptors (Lipinski definition) is 7. The first-order valence-electron chi connectivity index (χ1n) is 14.1. The van der Waals surface area contributed by atoms with Gasteiger partial charge in [-0.1, -0.05) is 94.9 Å². The Hall–Kier alpha value is -4.34. The fourth-order valence-electron chi connectivity index (χ4n) is 4.99. The molecular formula is C34H26Cl4N4O4. The van der Waals surface area contributed by atoms with E-state index in [1.807, 2.05) is 49.4 Å². The number of aromatic nitrogens is 2. The lowest BCUT2D eigenvalue weighted by Gasteiger charge is -2.13. The molecule has 8 nitrogen and oxygen atoms in total. The number of hydrogen-bond donors (Lipinski definition) is 1. The zero-order valence-electron chi connectivity index (χ0n) is 24.6. The largest absolute Gasteiger partial charge is 0.491 e. The fraction of sp³-hybridized carbons (Fsp3) is 0.118. The average Bonchev–Trinajstić information content (AvgIpc) is 3.05. The van der Waals surface area contributed by atoms with Crippen LogP contribution in [-0.4, -0.2) is 28.1 Å². The highest BCUT2D eigenvalue weighted by Crippen LogP contribution is 2.42. The Morgan fingerprint density at radius 1 is 0.674 bits per heavy atom. The van der Waals surface area contributed by atoms with Gasteiger partial charge in [-0.05, 0) is 38.1 Å². The van der Waals surface area contributed by atoms with Crippen LogP contribution in [-0.2, 0) is 0 Å². The van der Waals surface area contributed by atoms with Crippen LogP contribution in [0.1, 0.15) is 13.8 Å². The molecule has 2 heterocycles. The van der Waals surface area contributed by atoms with Crippen LogP contribution in [0.5, 0.6) is 11.5 Å². The van der Waals surface area contributed by atoms with Gasteiger partial charge in [-0.25, -0.2) is 4.98 Å². The van der Waals surface area contributed by atoms with E-state index in [1.54, 1.807) is 43.5 Å². The summed E-state index contributed by atoms with van der Waals surface area (Å²) in [4.78, 5) is 19.5. The molecule has 0 radical (unpaired) electrons. The van der Waals surface area contributed by atoms with Crippen molar-refractivity contribution in [3.63, 3.8) is 0 Å². The molecule has 0 atom stereocenters. The smallest absolute Gasteiger partial charge is 0.329 e. The minimum atomic E-state index is -0.504. The van der Waals surface area contributed by atoms with Crippen molar-refractivity contribution in [3.8, 4) is 33.8 Å². The van der Waals surface area contributed by atoms with Crippen LogP contribution in [0.25, 0.3) is 44.1 Å². The Labute approximate surface area is 284 Å². The summed E-state index contributed by atoms with van der Waals surface area (Å²) in [5, 5.41) is 14.5. The van der Waals surface area contributed by atoms with Crippen molar-refractivity contribution >= 4 is 79.6 Å². The average molecular weight is 696 g/mol. The van der Waals surface area contributed by atoms with Gasteiger partial charge in [0.15, 0.2) is 5.75 Å². The predicted molar refractivity (Wildman–Crippen MR) is 188 cm³/mol. The number of anilines is 1. The van der Waals surface area contributed by atoms with Crippen molar-refractivity contribution in [1.29, 1.82) is 0 Å². The number of rotatable bonds is 7. The Kier molecular flexibility index (Phi) is 10.3. The van der Waals surface area contributed by atoms with Crippen LogP contribution in [0.15, 0.2) is 85.2 Å². The highest BCUT2D eigenvalue weighted by atomic mass is 35.5. The van der Waals surface area contributed by atoms with E-state index in [-0.39, 0.29) is 11.4 Å². The van der Waals surface area contributed by atoms with Crippen LogP contribution < -0.4 is 15.2 Å². The van der Waals surface area contributed by atoms with Crippen molar-refractivity contribution < 1.29 is 14.4 Å². The minimum absolute atomic E-state index is 0.168. The summed E-state index contributed by atoms with van der Waals surface area (Å²) < 4.78 is 11.2. The summed E-state index contributed by atoms with van der Waals surface area (Å²) in [6, 6.07) is 22.0. The maximum atomic E-state index is 11.2. The zero-order valence-corrected chi connectivity index (χ0v) is 27.6. The van der Waals surface area contributed by atoms with Gasteiger partial charge in [-0.2, -0.15) is 0 Å². The van der Waals surface area contributed by atoms with Gasteiger partial charge in [-0.15, -0.1) is 0 Å². The van der Waals surface area contributed by atoms with E-state index < -0.39 is 4.92 Å². The number of benzene rings is 4. The van der Waals surface area contributed by atoms with E-state index in [9.17, 15) is 10.1 Å². The van der Waals surface area contributed by atoms with Crippen molar-refractivity contribution in [3.05, 3.63) is 115 Å². The number of para-hydroxylation sites is 2. The molecular weight excluding hydrogens is 670 g/mol. The maximum absolute atomic E-state index is 11.2. The number of ether oxygens (including phenoxy) is 2. The standard InChI is InChI=1S/C17H12Cl2N2O3.C17H14Cl2N2O/c1-2-24-17-12-7-3-6-11(10-5-4-8-13(18)15(10)19)16(12)20-9-14(17)21(22)23;1-2-22-17-12-7-3-6-11(16(12)21-9-14(17)20)10-5-4-8-13(18)15(10)19/h3-9H,2H2,1H3;3-9H,2,20H2,1H3. The molecule has 6 aromatic rings. The number of fused-ring (bicyclic) bond motifs is 2. The van der Waals surface area contributed by atoms with Gasteiger partial charge < -0.3 is 15.2 Å². The van der Waals surface area contributed by atoms with Gasteiger partial charge in [0.2, 0.25) is 5.75 Å². The molecule has 4 aromatic carbocycles. The monoisotopic (exact) mass is 694 g/mol. The van der Waals surface area contributed by atoms with Gasteiger partial charge in [0.05, 0.1) is 66.5 Å². The third-order valence-electron chi connectivity index (χ3n) is 6.96. The second-order valence-corrected chi connectivity index (χ2v) is 11.3. The SMILES string of the molecule is CCOc1c(N)cnc2c(-c3cccc(Cl)c3Cl)cccc12.CCOc1c([N+](=O)[O-])cnc2c(-c3cccc(Cl)c3Cl)cccc12. The normalized spacial score (nSPS) is 10.8. The third-order valence-corrected chi connectivity index (χ3v) is 8.60. The summed E-state index contributed by atoms with van der Waals surface area (Å²) in [6.45, 7) is 4.53. The number of nitrogens with zero attached hydrogens (tertiary/aromatic N) is 3. The second kappa shape index (κ2) is 14.4. The molecule has 0 aliphatic carbocycles. The minimum Gasteiger partial charge on any atom is -0.491 e. The lowest BCUT2D eigenvalue weighted by molar-refractivity contribution is -0.386. The molecule has 46 heavy (non-hydrogen) atoms. The molecule has 12 heteroatoms. The Morgan fingerprint density at radius 3 is 1.61 bits per heavy atom. The van der Waals surface area contributed by atoms with Gasteiger partial charge in [-0.3, -0.25) is 15.1 Å². The van der Waals surface area contributed by atoms with Crippen LogP contribution in [0.3, 0.4) is 0 Å². The number of nitrogen functional groups attached to an aromatic ring is 1. The Balaban J connectivity index is 0.000000182. The Bertz CT molecular complexity index is 2090. The van der Waals surface area contributed by atoms with E-state index in [0.29, 0.717) is 61.2 Å². The van der Waals surface area contributed by atoms with E-state index in [0.717, 1.165) is 27.6 Å². The molecule has 6 rings (SSSR count). The predicted octanol–water partition coefficient (Wildman–Crippen LogP) is 10.7. The molecule has 0 amide bonds. The molecule has 0 saturated carbocycles. The summed E-state index contributed by atoms with van der Waals surface area (Å²) in [5.74, 6) is 0.847. The van der Waals surface area contributed by atoms with Crippen LogP contribution in [0, 0.1) is 10.1 Å². The highest BCUT2D eigenvalue weighted by Gasteiger charge is 2.22. The Morgan fingerprint density at radius 2 is 1.11 bits per heavy atom. The maximum Gasteiger partial charge on any atom is 0.329 e. The molecule has 2 aromatic heterocycles. The molecule has 0 spiro atoms. The molecule has 0 fully saturated rings. The number of halogens is 4. The van der Waals surface area contributed by atoms with Crippen molar-refractivity contribution in [2.24, 2.45) is 0 Å². The number of nitro groups is 1. The molecule has 234 valence electrons. The topological polar surface area (TPSA) is 113 Å². The summed E-state index contributed by atoms with van der Waals surface area (Å²) in [7, 11) is 0. The van der Waals surface area contributed by atoms with Gasteiger partial charge >= 0.3 is 5.69 Å². The molecule has 0 aliphatic heterocycles. The van der Waals surface area contributed by atoms with Gasteiger partial charge in [0.25, 0.3) is 0 Å². The lowest BCUT2D eigenvalue weighted by Crippen LogP contribution is -2.00. The van der Waals surface area contributed by atoms with Crippen molar-refractivity contribution in [1.82, 2.24) is 9.97 Å². The molecule has 0 unspecified atom stereocenters. The summed E-state index contributed by atoms with van der Waals surface area (Å²) >= 11 is 24.9. The summed E-state index contributed by atoms with van der Waals surface area (Å²) in [6.07, 6.45) is 2.81. The van der Waals surface area contributed by atoms with E-state index in [2.05, 4.69) is 9.97 Å².